The summed E-state index contributed by atoms with van der Waals surface area (Å²) < 4.78 is 0.766. The molecular weight excluding hydrogens is 360 g/mol. The SMILES string of the molecule is NC(=O)CCNc1nc(Nc2ccc(Br)nc2)ncc1C1CC1. The molecule has 0 aliphatic heterocycles. The number of anilines is 3. The lowest BCUT2D eigenvalue weighted by Crippen LogP contribution is -2.17. The third kappa shape index (κ3) is 4.38. The van der Waals surface area contributed by atoms with E-state index in [0.717, 1.165) is 34.5 Å². The number of hydrogen-bond donors (Lipinski definition) is 3. The number of primary amides is 1. The Morgan fingerprint density at radius 2 is 2.13 bits per heavy atom. The maximum Gasteiger partial charge on any atom is 0.229 e. The first-order valence-corrected chi connectivity index (χ1v) is 8.19. The van der Waals surface area contributed by atoms with E-state index in [1.807, 2.05) is 18.3 Å². The van der Waals surface area contributed by atoms with Gasteiger partial charge in [-0.05, 0) is 46.8 Å². The van der Waals surface area contributed by atoms with Crippen molar-refractivity contribution in [1.82, 2.24) is 15.0 Å². The van der Waals surface area contributed by atoms with Crippen LogP contribution < -0.4 is 16.4 Å². The quantitative estimate of drug-likeness (QED) is 0.641. The Hall–Kier alpha value is -2.22. The van der Waals surface area contributed by atoms with Crippen LogP contribution >= 0.6 is 15.9 Å². The standard InChI is InChI=1S/C15H17BrN6O/c16-12-4-3-10(7-19-12)21-15-20-8-11(9-1-2-9)14(22-15)18-6-5-13(17)23/h3-4,7-9H,1-2,5-6H2,(H2,17,23)(H2,18,20,21,22). The zero-order valence-electron chi connectivity index (χ0n) is 12.4. The molecule has 120 valence electrons. The van der Waals surface area contributed by atoms with Crippen LogP contribution in [0.4, 0.5) is 17.5 Å². The summed E-state index contributed by atoms with van der Waals surface area (Å²) >= 11 is 3.30. The van der Waals surface area contributed by atoms with Crippen molar-refractivity contribution >= 4 is 39.3 Å². The lowest BCUT2D eigenvalue weighted by molar-refractivity contribution is -0.117. The first-order chi connectivity index (χ1) is 11.1. The summed E-state index contributed by atoms with van der Waals surface area (Å²) in [6.45, 7) is 0.464. The van der Waals surface area contributed by atoms with Gasteiger partial charge in [-0.1, -0.05) is 0 Å². The van der Waals surface area contributed by atoms with E-state index < -0.39 is 0 Å². The van der Waals surface area contributed by atoms with Crippen LogP contribution in [0.3, 0.4) is 0 Å². The second-order valence-electron chi connectivity index (χ2n) is 5.41. The van der Waals surface area contributed by atoms with Gasteiger partial charge in [0.15, 0.2) is 0 Å². The Morgan fingerprint density at radius 3 is 2.78 bits per heavy atom. The molecule has 0 atom stereocenters. The molecule has 1 aliphatic rings. The number of nitrogens with zero attached hydrogens (tertiary/aromatic N) is 3. The first kappa shape index (κ1) is 15.7. The average molecular weight is 377 g/mol. The molecule has 2 heterocycles. The van der Waals surface area contributed by atoms with Gasteiger partial charge in [0.25, 0.3) is 0 Å². The van der Waals surface area contributed by atoms with Gasteiger partial charge in [-0.25, -0.2) is 9.97 Å². The highest BCUT2D eigenvalue weighted by Gasteiger charge is 2.27. The maximum atomic E-state index is 10.9. The van der Waals surface area contributed by atoms with Gasteiger partial charge in [0.1, 0.15) is 10.4 Å². The molecule has 0 saturated heterocycles. The van der Waals surface area contributed by atoms with Crippen LogP contribution in [0.2, 0.25) is 0 Å². The zero-order chi connectivity index (χ0) is 16.2. The van der Waals surface area contributed by atoms with Crippen LogP contribution in [0, 0.1) is 0 Å². The van der Waals surface area contributed by atoms with E-state index in [2.05, 4.69) is 41.5 Å². The summed E-state index contributed by atoms with van der Waals surface area (Å²) in [5.74, 6) is 1.42. The zero-order valence-corrected chi connectivity index (χ0v) is 14.0. The minimum atomic E-state index is -0.334. The molecule has 7 nitrogen and oxygen atoms in total. The average Bonchev–Trinajstić information content (AvgIpc) is 3.34. The third-order valence-electron chi connectivity index (χ3n) is 3.48. The molecule has 0 unspecified atom stereocenters. The number of rotatable bonds is 7. The predicted molar refractivity (Wildman–Crippen MR) is 91.5 cm³/mol. The highest BCUT2D eigenvalue weighted by Crippen LogP contribution is 2.42. The highest BCUT2D eigenvalue weighted by atomic mass is 79.9. The minimum absolute atomic E-state index is 0.271. The minimum Gasteiger partial charge on any atom is -0.370 e. The van der Waals surface area contributed by atoms with Crippen molar-refractivity contribution in [2.75, 3.05) is 17.2 Å². The van der Waals surface area contributed by atoms with Crippen LogP contribution in [-0.2, 0) is 4.79 Å². The summed E-state index contributed by atoms with van der Waals surface area (Å²) in [7, 11) is 0. The number of nitrogens with two attached hydrogens (primary N) is 1. The molecular formula is C15H17BrN6O. The number of hydrogen-bond acceptors (Lipinski definition) is 6. The van der Waals surface area contributed by atoms with Gasteiger partial charge in [-0.2, -0.15) is 4.98 Å². The van der Waals surface area contributed by atoms with Crippen LogP contribution in [0.15, 0.2) is 29.1 Å². The molecule has 1 amide bonds. The molecule has 0 bridgehead atoms. The molecule has 8 heteroatoms. The van der Waals surface area contributed by atoms with Gasteiger partial charge in [0.2, 0.25) is 11.9 Å². The number of halogens is 1. The Morgan fingerprint density at radius 1 is 1.30 bits per heavy atom. The fraction of sp³-hybridized carbons (Fsp3) is 0.333. The Labute approximate surface area is 142 Å². The third-order valence-corrected chi connectivity index (χ3v) is 3.95. The van der Waals surface area contributed by atoms with E-state index in [9.17, 15) is 4.79 Å². The van der Waals surface area contributed by atoms with Crippen molar-refractivity contribution in [2.24, 2.45) is 5.73 Å². The molecule has 4 N–H and O–H groups in total. The van der Waals surface area contributed by atoms with Gasteiger partial charge in [0.05, 0.1) is 11.9 Å². The molecule has 0 aromatic carbocycles. The molecule has 1 saturated carbocycles. The fourth-order valence-electron chi connectivity index (χ4n) is 2.17. The summed E-state index contributed by atoms with van der Waals surface area (Å²) in [5, 5.41) is 6.31. The van der Waals surface area contributed by atoms with Crippen molar-refractivity contribution in [2.45, 2.75) is 25.2 Å². The molecule has 1 fully saturated rings. The van der Waals surface area contributed by atoms with Crippen LogP contribution in [-0.4, -0.2) is 27.4 Å². The number of pyridine rings is 1. The van der Waals surface area contributed by atoms with Crippen molar-refractivity contribution in [1.29, 1.82) is 0 Å². The molecule has 0 spiro atoms. The van der Waals surface area contributed by atoms with Gasteiger partial charge >= 0.3 is 0 Å². The van der Waals surface area contributed by atoms with E-state index in [1.54, 1.807) is 6.20 Å². The molecule has 0 radical (unpaired) electrons. The Kier molecular flexibility index (Phi) is 4.71. The smallest absolute Gasteiger partial charge is 0.229 e. The number of amides is 1. The van der Waals surface area contributed by atoms with Crippen molar-refractivity contribution < 1.29 is 4.79 Å². The van der Waals surface area contributed by atoms with Crippen LogP contribution in [0.1, 0.15) is 30.7 Å². The van der Waals surface area contributed by atoms with E-state index >= 15 is 0 Å². The number of carbonyl (C=O) groups is 1. The van der Waals surface area contributed by atoms with Crippen molar-refractivity contribution in [3.05, 3.63) is 34.7 Å². The Balaban J connectivity index is 1.75. The molecule has 1 aliphatic carbocycles. The van der Waals surface area contributed by atoms with E-state index in [-0.39, 0.29) is 12.3 Å². The second kappa shape index (κ2) is 6.91. The van der Waals surface area contributed by atoms with E-state index in [4.69, 9.17) is 5.73 Å². The van der Waals surface area contributed by atoms with Gasteiger partial charge in [-0.15, -0.1) is 0 Å². The van der Waals surface area contributed by atoms with Crippen LogP contribution in [0.5, 0.6) is 0 Å². The van der Waals surface area contributed by atoms with Crippen LogP contribution in [0.25, 0.3) is 0 Å². The number of aromatic nitrogens is 3. The second-order valence-corrected chi connectivity index (χ2v) is 6.22. The fourth-order valence-corrected chi connectivity index (χ4v) is 2.40. The molecule has 2 aromatic rings. The molecule has 23 heavy (non-hydrogen) atoms. The van der Waals surface area contributed by atoms with E-state index in [0.29, 0.717) is 18.4 Å². The van der Waals surface area contributed by atoms with Crippen molar-refractivity contribution in [3.8, 4) is 0 Å². The summed E-state index contributed by atoms with van der Waals surface area (Å²) in [6.07, 6.45) is 6.11. The highest BCUT2D eigenvalue weighted by molar-refractivity contribution is 9.10. The van der Waals surface area contributed by atoms with E-state index in [1.165, 1.54) is 0 Å². The monoisotopic (exact) mass is 376 g/mol. The first-order valence-electron chi connectivity index (χ1n) is 7.39. The van der Waals surface area contributed by atoms with Gasteiger partial charge < -0.3 is 16.4 Å². The lowest BCUT2D eigenvalue weighted by Gasteiger charge is -2.12. The van der Waals surface area contributed by atoms with Crippen molar-refractivity contribution in [3.63, 3.8) is 0 Å². The molecule has 2 aromatic heterocycles. The van der Waals surface area contributed by atoms with Gasteiger partial charge in [-0.3, -0.25) is 4.79 Å². The predicted octanol–water partition coefficient (Wildman–Crippen LogP) is 2.54. The number of nitrogens with one attached hydrogen (secondary N) is 2. The summed E-state index contributed by atoms with van der Waals surface area (Å²) in [6, 6.07) is 3.72. The topological polar surface area (TPSA) is 106 Å². The largest absolute Gasteiger partial charge is 0.370 e. The Bertz CT molecular complexity index is 702. The lowest BCUT2D eigenvalue weighted by atomic mass is 10.2. The maximum absolute atomic E-state index is 10.9. The summed E-state index contributed by atoms with van der Waals surface area (Å²) in [5.41, 5.74) is 7.07. The normalized spacial score (nSPS) is 13.6. The van der Waals surface area contributed by atoms with Gasteiger partial charge in [0, 0.05) is 24.7 Å². The molecule has 3 rings (SSSR count). The number of carbonyl (C=O) groups excluding carboxylic acids is 1. The summed E-state index contributed by atoms with van der Waals surface area (Å²) in [4.78, 5) is 23.9.